The molecule has 0 aliphatic heterocycles. The van der Waals surface area contributed by atoms with Gasteiger partial charge in [-0.1, -0.05) is 27.7 Å². The summed E-state index contributed by atoms with van der Waals surface area (Å²) >= 11 is 0. The topological polar surface area (TPSA) is 64.5 Å². The Hall–Kier alpha value is 0.359. The minimum Gasteiger partial charge on any atom is -0.389 e. The normalized spacial score (nSPS) is 19.1. The van der Waals surface area contributed by atoms with Gasteiger partial charge in [0.1, 0.15) is 0 Å². The van der Waals surface area contributed by atoms with E-state index in [1.807, 2.05) is 41.8 Å². The van der Waals surface area contributed by atoms with E-state index in [4.69, 9.17) is 0 Å². The zero-order valence-corrected chi connectivity index (χ0v) is 16.1. The SMILES string of the molecule is CCC(NC)C(C)(O)CC.CCC(NC)C(C)(O)CC.[Cu]. The Balaban J connectivity index is -0.000000295. The van der Waals surface area contributed by atoms with Crippen molar-refractivity contribution in [2.75, 3.05) is 14.1 Å². The van der Waals surface area contributed by atoms with Crippen LogP contribution in [-0.2, 0) is 17.1 Å². The van der Waals surface area contributed by atoms with Gasteiger partial charge in [0.05, 0.1) is 11.2 Å². The molecule has 0 amide bonds. The van der Waals surface area contributed by atoms with Crippen LogP contribution in [0.5, 0.6) is 0 Å². The smallest absolute Gasteiger partial charge is 0.0769 e. The molecule has 0 aromatic carbocycles. The van der Waals surface area contributed by atoms with E-state index in [0.29, 0.717) is 0 Å². The molecule has 4 atom stereocenters. The molecule has 0 rings (SSSR count). The number of hydrogen-bond acceptors (Lipinski definition) is 4. The Morgan fingerprint density at radius 3 is 1.05 bits per heavy atom. The van der Waals surface area contributed by atoms with E-state index in [0.717, 1.165) is 25.7 Å². The molecule has 4 N–H and O–H groups in total. The van der Waals surface area contributed by atoms with Crippen LogP contribution >= 0.6 is 0 Å². The van der Waals surface area contributed by atoms with Crippen LogP contribution in [0.4, 0.5) is 0 Å². The minimum atomic E-state index is -0.552. The van der Waals surface area contributed by atoms with E-state index in [1.165, 1.54) is 0 Å². The van der Waals surface area contributed by atoms with Gasteiger partial charge in [0.25, 0.3) is 0 Å². The summed E-state index contributed by atoms with van der Waals surface area (Å²) in [5, 5.41) is 25.6. The fourth-order valence-corrected chi connectivity index (χ4v) is 2.40. The van der Waals surface area contributed by atoms with Gasteiger partial charge in [-0.05, 0) is 53.6 Å². The average Bonchev–Trinajstić information content (AvgIpc) is 2.41. The minimum absolute atomic E-state index is 0. The van der Waals surface area contributed by atoms with Crippen LogP contribution < -0.4 is 10.6 Å². The van der Waals surface area contributed by atoms with E-state index >= 15 is 0 Å². The van der Waals surface area contributed by atoms with Crippen molar-refractivity contribution in [2.24, 2.45) is 0 Å². The number of aliphatic hydroxyl groups is 2. The standard InChI is InChI=1S/2C8H19NO.Cu/c2*1-5-7(9-4)8(3,10)6-2;/h2*7,9-10H,5-6H2,1-4H3;. The third kappa shape index (κ3) is 9.88. The first-order valence-corrected chi connectivity index (χ1v) is 7.95. The molecule has 0 aromatic rings. The summed E-state index contributed by atoms with van der Waals surface area (Å²) in [6.07, 6.45) is 3.54. The summed E-state index contributed by atoms with van der Waals surface area (Å²) in [6.45, 7) is 11.9. The van der Waals surface area contributed by atoms with Crippen LogP contribution in [0.15, 0.2) is 0 Å². The Labute approximate surface area is 143 Å². The summed E-state index contributed by atoms with van der Waals surface area (Å²) in [7, 11) is 3.77. The maximum atomic E-state index is 9.72. The Bertz CT molecular complexity index is 204. The molecule has 4 nitrogen and oxygen atoms in total. The predicted molar refractivity (Wildman–Crippen MR) is 88.1 cm³/mol. The monoisotopic (exact) mass is 353 g/mol. The largest absolute Gasteiger partial charge is 0.389 e. The molecular formula is C16H38CuN2O2. The number of nitrogens with one attached hydrogen (secondary N) is 2. The van der Waals surface area contributed by atoms with Gasteiger partial charge in [-0.2, -0.15) is 0 Å². The quantitative estimate of drug-likeness (QED) is 0.505. The molecule has 0 spiro atoms. The summed E-state index contributed by atoms with van der Waals surface area (Å²) in [5.41, 5.74) is -1.10. The number of rotatable bonds is 8. The van der Waals surface area contributed by atoms with Crippen molar-refractivity contribution in [1.29, 1.82) is 0 Å². The zero-order valence-electron chi connectivity index (χ0n) is 15.2. The molecule has 0 aliphatic rings. The van der Waals surface area contributed by atoms with Gasteiger partial charge >= 0.3 is 0 Å². The van der Waals surface area contributed by atoms with Gasteiger partial charge in [-0.3, -0.25) is 0 Å². The van der Waals surface area contributed by atoms with Crippen LogP contribution in [0.3, 0.4) is 0 Å². The first kappa shape index (κ1) is 26.3. The van der Waals surface area contributed by atoms with Gasteiger partial charge in [0, 0.05) is 29.2 Å². The van der Waals surface area contributed by atoms with E-state index in [-0.39, 0.29) is 29.2 Å². The first-order valence-electron chi connectivity index (χ1n) is 7.95. The van der Waals surface area contributed by atoms with Gasteiger partial charge in [-0.25, -0.2) is 0 Å². The molecule has 21 heavy (non-hydrogen) atoms. The summed E-state index contributed by atoms with van der Waals surface area (Å²) in [6, 6.07) is 0.440. The number of hydrogen-bond donors (Lipinski definition) is 4. The third-order valence-electron chi connectivity index (χ3n) is 4.45. The second-order valence-electron chi connectivity index (χ2n) is 5.92. The fourth-order valence-electron chi connectivity index (χ4n) is 2.40. The van der Waals surface area contributed by atoms with Gasteiger partial charge < -0.3 is 20.8 Å². The van der Waals surface area contributed by atoms with Crippen LogP contribution in [-0.4, -0.2) is 47.6 Å². The van der Waals surface area contributed by atoms with Crippen molar-refractivity contribution in [3.05, 3.63) is 0 Å². The fraction of sp³-hybridized carbons (Fsp3) is 1.00. The van der Waals surface area contributed by atoms with Crippen LogP contribution in [0.2, 0.25) is 0 Å². The third-order valence-corrected chi connectivity index (χ3v) is 4.45. The van der Waals surface area contributed by atoms with Gasteiger partial charge in [0.15, 0.2) is 0 Å². The second kappa shape index (κ2) is 12.9. The molecule has 0 fully saturated rings. The van der Waals surface area contributed by atoms with E-state index in [2.05, 4.69) is 24.5 Å². The van der Waals surface area contributed by atoms with Crippen molar-refractivity contribution in [3.8, 4) is 0 Å². The molecule has 1 radical (unpaired) electrons. The molecule has 135 valence electrons. The molecule has 4 unspecified atom stereocenters. The molecule has 5 heteroatoms. The Kier molecular flexibility index (Phi) is 16.1. The van der Waals surface area contributed by atoms with Crippen molar-refractivity contribution < 1.29 is 27.3 Å². The summed E-state index contributed by atoms with van der Waals surface area (Å²) < 4.78 is 0. The van der Waals surface area contributed by atoms with E-state index in [9.17, 15) is 10.2 Å². The van der Waals surface area contributed by atoms with Crippen molar-refractivity contribution in [2.45, 2.75) is 90.5 Å². The molecule has 0 heterocycles. The van der Waals surface area contributed by atoms with Crippen LogP contribution in [0.1, 0.15) is 67.2 Å². The predicted octanol–water partition coefficient (Wildman–Crippen LogP) is 2.29. The summed E-state index contributed by atoms with van der Waals surface area (Å²) in [4.78, 5) is 0. The van der Waals surface area contributed by atoms with Gasteiger partial charge in [0.2, 0.25) is 0 Å². The van der Waals surface area contributed by atoms with Crippen molar-refractivity contribution in [1.82, 2.24) is 10.6 Å². The molecular weight excluding hydrogens is 316 g/mol. The summed E-state index contributed by atoms with van der Waals surface area (Å²) in [5.74, 6) is 0. The maximum absolute atomic E-state index is 9.72. The number of likely N-dealkylation sites (N-methyl/N-ethyl adjacent to an activating group) is 2. The average molecular weight is 354 g/mol. The zero-order chi connectivity index (χ0) is 16.4. The second-order valence-corrected chi connectivity index (χ2v) is 5.92. The first-order chi connectivity index (χ1) is 9.16. The molecule has 0 aromatic heterocycles. The van der Waals surface area contributed by atoms with Crippen LogP contribution in [0, 0.1) is 0 Å². The van der Waals surface area contributed by atoms with Crippen LogP contribution in [0.25, 0.3) is 0 Å². The molecule has 0 bridgehead atoms. The molecule has 0 aliphatic carbocycles. The van der Waals surface area contributed by atoms with Crippen molar-refractivity contribution in [3.63, 3.8) is 0 Å². The Morgan fingerprint density at radius 1 is 0.762 bits per heavy atom. The van der Waals surface area contributed by atoms with E-state index in [1.54, 1.807) is 0 Å². The van der Waals surface area contributed by atoms with E-state index < -0.39 is 11.2 Å². The van der Waals surface area contributed by atoms with Gasteiger partial charge in [-0.15, -0.1) is 0 Å². The molecule has 0 saturated carbocycles. The van der Waals surface area contributed by atoms with Crippen molar-refractivity contribution >= 4 is 0 Å². The maximum Gasteiger partial charge on any atom is 0.0769 e. The Morgan fingerprint density at radius 2 is 1.00 bits per heavy atom. The molecule has 0 saturated heterocycles.